The molecule has 0 radical (unpaired) electrons. The van der Waals surface area contributed by atoms with Gasteiger partial charge in [0.25, 0.3) is 0 Å². The van der Waals surface area contributed by atoms with Gasteiger partial charge in [-0.1, -0.05) is 6.07 Å². The zero-order chi connectivity index (χ0) is 21.8. The molecule has 2 rings (SSSR count). The molecule has 0 aliphatic carbocycles. The molecule has 0 atom stereocenters. The first-order valence-electron chi connectivity index (χ1n) is 10.1. The summed E-state index contributed by atoms with van der Waals surface area (Å²) in [6.07, 6.45) is -3.41. The fourth-order valence-electron chi connectivity index (χ4n) is 2.94. The van der Waals surface area contributed by atoms with Crippen LogP contribution in [0.25, 0.3) is 0 Å². The molecular weight excluding hydrogens is 401 g/mol. The molecule has 0 unspecified atom stereocenters. The Kier molecular flexibility index (Phi) is 10.0. The van der Waals surface area contributed by atoms with Crippen LogP contribution in [0.5, 0.6) is 11.5 Å². The molecule has 7 nitrogen and oxygen atoms in total. The molecule has 1 aromatic carbocycles. The molecule has 1 heterocycles. The van der Waals surface area contributed by atoms with Crippen LogP contribution in [0, 0.1) is 0 Å². The second kappa shape index (κ2) is 12.5. The van der Waals surface area contributed by atoms with Crippen molar-refractivity contribution in [2.24, 2.45) is 4.99 Å². The van der Waals surface area contributed by atoms with Crippen LogP contribution < -0.4 is 20.1 Å². The predicted molar refractivity (Wildman–Crippen MR) is 109 cm³/mol. The summed E-state index contributed by atoms with van der Waals surface area (Å²) in [5.41, 5.74) is 0.803. The first-order valence-corrected chi connectivity index (χ1v) is 10.1. The number of aliphatic imine (C=N–C) groups is 1. The van der Waals surface area contributed by atoms with E-state index in [0.717, 1.165) is 57.9 Å². The maximum Gasteiger partial charge on any atom is 0.422 e. The van der Waals surface area contributed by atoms with E-state index >= 15 is 0 Å². The molecule has 1 aliphatic heterocycles. The van der Waals surface area contributed by atoms with Crippen molar-refractivity contribution in [2.75, 3.05) is 59.7 Å². The average Bonchev–Trinajstić information content (AvgIpc) is 2.73. The second-order valence-corrected chi connectivity index (χ2v) is 6.82. The van der Waals surface area contributed by atoms with Crippen LogP contribution in [0.15, 0.2) is 23.2 Å². The third kappa shape index (κ3) is 9.08. The first kappa shape index (κ1) is 24.1. The molecule has 0 aromatic heterocycles. The van der Waals surface area contributed by atoms with E-state index in [2.05, 4.69) is 20.5 Å². The molecule has 170 valence electrons. The van der Waals surface area contributed by atoms with E-state index in [4.69, 9.17) is 14.2 Å². The van der Waals surface area contributed by atoms with Crippen molar-refractivity contribution >= 4 is 5.96 Å². The Hall–Kier alpha value is -2.20. The van der Waals surface area contributed by atoms with Gasteiger partial charge in [0.2, 0.25) is 0 Å². The molecule has 2 N–H and O–H groups in total. The lowest BCUT2D eigenvalue weighted by atomic mass is 10.2. The van der Waals surface area contributed by atoms with E-state index in [9.17, 15) is 13.2 Å². The maximum absolute atomic E-state index is 12.4. The van der Waals surface area contributed by atoms with Crippen molar-refractivity contribution in [3.63, 3.8) is 0 Å². The van der Waals surface area contributed by atoms with Gasteiger partial charge in [-0.05, 0) is 37.6 Å². The summed E-state index contributed by atoms with van der Waals surface area (Å²) < 4.78 is 52.4. The number of ether oxygens (including phenoxy) is 3. The number of guanidine groups is 1. The Bertz CT molecular complexity index is 665. The van der Waals surface area contributed by atoms with Crippen LogP contribution in [-0.4, -0.2) is 76.7 Å². The summed E-state index contributed by atoms with van der Waals surface area (Å²) in [6, 6.07) is 4.79. The van der Waals surface area contributed by atoms with Crippen LogP contribution in [0.1, 0.15) is 18.9 Å². The Morgan fingerprint density at radius 1 is 1.20 bits per heavy atom. The molecule has 0 bridgehead atoms. The van der Waals surface area contributed by atoms with E-state index in [1.165, 1.54) is 13.2 Å². The summed E-state index contributed by atoms with van der Waals surface area (Å²) in [6.45, 7) is 7.03. The highest BCUT2D eigenvalue weighted by Crippen LogP contribution is 2.30. The Balaban J connectivity index is 1.86. The lowest BCUT2D eigenvalue weighted by Gasteiger charge is -2.26. The summed E-state index contributed by atoms with van der Waals surface area (Å²) >= 11 is 0. The summed E-state index contributed by atoms with van der Waals surface area (Å²) in [5, 5.41) is 6.50. The molecule has 0 amide bonds. The lowest BCUT2D eigenvalue weighted by Crippen LogP contribution is -2.40. The van der Waals surface area contributed by atoms with Crippen molar-refractivity contribution in [3.05, 3.63) is 23.8 Å². The van der Waals surface area contributed by atoms with Crippen LogP contribution in [0.4, 0.5) is 13.2 Å². The smallest absolute Gasteiger partial charge is 0.422 e. The molecule has 1 aromatic rings. The van der Waals surface area contributed by atoms with Crippen LogP contribution >= 0.6 is 0 Å². The van der Waals surface area contributed by atoms with Crippen molar-refractivity contribution in [3.8, 4) is 11.5 Å². The molecule has 1 fully saturated rings. The third-order valence-electron chi connectivity index (χ3n) is 4.43. The molecule has 0 saturated carbocycles. The van der Waals surface area contributed by atoms with Crippen molar-refractivity contribution in [2.45, 2.75) is 26.1 Å². The van der Waals surface area contributed by atoms with Crippen molar-refractivity contribution < 1.29 is 27.4 Å². The lowest BCUT2D eigenvalue weighted by molar-refractivity contribution is -0.153. The van der Waals surface area contributed by atoms with E-state index in [0.29, 0.717) is 12.5 Å². The number of alkyl halides is 3. The fraction of sp³-hybridized carbons (Fsp3) is 0.650. The Morgan fingerprint density at radius 3 is 2.63 bits per heavy atom. The van der Waals surface area contributed by atoms with Crippen LogP contribution in [0.2, 0.25) is 0 Å². The van der Waals surface area contributed by atoms with Gasteiger partial charge in [0.05, 0.1) is 26.9 Å². The monoisotopic (exact) mass is 432 g/mol. The maximum atomic E-state index is 12.4. The minimum Gasteiger partial charge on any atom is -0.493 e. The topological polar surface area (TPSA) is 67.4 Å². The van der Waals surface area contributed by atoms with Gasteiger partial charge in [-0.25, -0.2) is 4.99 Å². The number of methoxy groups -OCH3 is 1. The number of hydrogen-bond acceptors (Lipinski definition) is 5. The fourth-order valence-corrected chi connectivity index (χ4v) is 2.94. The quantitative estimate of drug-likeness (QED) is 0.336. The molecule has 1 saturated heterocycles. The van der Waals surface area contributed by atoms with Crippen LogP contribution in [0.3, 0.4) is 0 Å². The first-order chi connectivity index (χ1) is 14.4. The summed E-state index contributed by atoms with van der Waals surface area (Å²) in [7, 11) is 1.39. The molecule has 1 aliphatic rings. The summed E-state index contributed by atoms with van der Waals surface area (Å²) in [4.78, 5) is 6.92. The second-order valence-electron chi connectivity index (χ2n) is 6.82. The van der Waals surface area contributed by atoms with Gasteiger partial charge in [-0.2, -0.15) is 13.2 Å². The zero-order valence-corrected chi connectivity index (χ0v) is 17.6. The number of morpholine rings is 1. The minimum absolute atomic E-state index is 0.0516. The number of hydrogen-bond donors (Lipinski definition) is 2. The highest BCUT2D eigenvalue weighted by atomic mass is 19.4. The third-order valence-corrected chi connectivity index (χ3v) is 4.43. The van der Waals surface area contributed by atoms with Gasteiger partial charge in [-0.3, -0.25) is 4.90 Å². The minimum atomic E-state index is -4.40. The van der Waals surface area contributed by atoms with Gasteiger partial charge in [0, 0.05) is 26.2 Å². The number of benzene rings is 1. The predicted octanol–water partition coefficient (Wildman–Crippen LogP) is 2.41. The Labute approximate surface area is 175 Å². The van der Waals surface area contributed by atoms with Gasteiger partial charge in [0.15, 0.2) is 24.1 Å². The van der Waals surface area contributed by atoms with Gasteiger partial charge < -0.3 is 24.8 Å². The van der Waals surface area contributed by atoms with E-state index in [1.807, 2.05) is 6.92 Å². The van der Waals surface area contributed by atoms with Crippen LogP contribution in [-0.2, 0) is 11.3 Å². The SMILES string of the molecule is CCNC(=NCc1ccc(OCC(F)(F)F)c(OC)c1)NCCCN1CCOCC1. The molecule has 30 heavy (non-hydrogen) atoms. The van der Waals surface area contributed by atoms with Gasteiger partial charge >= 0.3 is 6.18 Å². The number of nitrogens with zero attached hydrogens (tertiary/aromatic N) is 2. The molecule has 10 heteroatoms. The van der Waals surface area contributed by atoms with E-state index in [1.54, 1.807) is 12.1 Å². The number of halogens is 3. The molecular formula is C20H31F3N4O3. The molecule has 0 spiro atoms. The number of nitrogens with one attached hydrogen (secondary N) is 2. The number of rotatable bonds is 10. The van der Waals surface area contributed by atoms with E-state index < -0.39 is 12.8 Å². The normalized spacial score (nSPS) is 15.7. The largest absolute Gasteiger partial charge is 0.493 e. The van der Waals surface area contributed by atoms with Crippen molar-refractivity contribution in [1.29, 1.82) is 0 Å². The standard InChI is InChI=1S/C20H31F3N4O3/c1-3-24-19(25-7-4-8-27-9-11-29-12-10-27)26-14-16-5-6-17(18(13-16)28-2)30-15-20(21,22)23/h5-6,13H,3-4,7-12,14-15H2,1-2H3,(H2,24,25,26). The highest BCUT2D eigenvalue weighted by molar-refractivity contribution is 5.79. The van der Waals surface area contributed by atoms with Crippen molar-refractivity contribution in [1.82, 2.24) is 15.5 Å². The van der Waals surface area contributed by atoms with Gasteiger partial charge in [0.1, 0.15) is 0 Å². The van der Waals surface area contributed by atoms with E-state index in [-0.39, 0.29) is 11.5 Å². The van der Waals surface area contributed by atoms with Gasteiger partial charge in [-0.15, -0.1) is 0 Å². The zero-order valence-electron chi connectivity index (χ0n) is 17.6. The highest BCUT2D eigenvalue weighted by Gasteiger charge is 2.29. The average molecular weight is 432 g/mol. The summed E-state index contributed by atoms with van der Waals surface area (Å²) in [5.74, 6) is 0.988. The Morgan fingerprint density at radius 2 is 1.97 bits per heavy atom.